The summed E-state index contributed by atoms with van der Waals surface area (Å²) < 4.78 is 11.6. The van der Waals surface area contributed by atoms with Crippen LogP contribution >= 0.6 is 12.8 Å². The Kier molecular flexibility index (Phi) is 4.90. The molecule has 18 heavy (non-hydrogen) atoms. The zero-order valence-electron chi connectivity index (χ0n) is 11.1. The normalized spacial score (nSPS) is 10.9. The zero-order valence-corrected chi connectivity index (χ0v) is 12.0. The molecular weight excluding hydrogens is 250 g/mol. The van der Waals surface area contributed by atoms with Gasteiger partial charge in [-0.05, 0) is 20.8 Å². The highest BCUT2D eigenvalue weighted by molar-refractivity contribution is 7.78. The maximum atomic E-state index is 11.7. The van der Waals surface area contributed by atoms with Crippen molar-refractivity contribution in [1.29, 1.82) is 0 Å². The molecule has 99 valence electrons. The van der Waals surface area contributed by atoms with Crippen LogP contribution in [-0.2, 0) is 11.3 Å². The van der Waals surface area contributed by atoms with Crippen molar-refractivity contribution in [2.24, 2.45) is 0 Å². The van der Waals surface area contributed by atoms with Gasteiger partial charge in [0.1, 0.15) is 11.4 Å². The van der Waals surface area contributed by atoms with Crippen LogP contribution < -0.4 is 4.74 Å². The molecule has 0 unspecified atom stereocenters. The number of nitrogens with zero attached hydrogens (tertiary/aromatic N) is 1. The fourth-order valence-electron chi connectivity index (χ4n) is 1.31. The molecule has 1 rings (SSSR count). The number of para-hydroxylation sites is 1. The lowest BCUT2D eigenvalue weighted by molar-refractivity contribution is 0.0399. The van der Waals surface area contributed by atoms with Gasteiger partial charge in [-0.2, -0.15) is 0 Å². The fourth-order valence-corrected chi connectivity index (χ4v) is 1.50. The van der Waals surface area contributed by atoms with Crippen molar-refractivity contribution >= 4 is 18.9 Å². The van der Waals surface area contributed by atoms with Crippen molar-refractivity contribution in [3.8, 4) is 5.75 Å². The summed E-state index contributed by atoms with van der Waals surface area (Å²) in [5.74, 6) is 0.597. The van der Waals surface area contributed by atoms with E-state index < -0.39 is 11.7 Å². The van der Waals surface area contributed by atoms with Crippen LogP contribution in [0.15, 0.2) is 18.2 Å². The first-order chi connectivity index (χ1) is 8.33. The van der Waals surface area contributed by atoms with Crippen molar-refractivity contribution in [1.82, 2.24) is 4.31 Å². The van der Waals surface area contributed by atoms with Crippen LogP contribution in [0.1, 0.15) is 26.3 Å². The molecule has 1 radical (unpaired) electrons. The van der Waals surface area contributed by atoms with E-state index in [2.05, 4.69) is 18.9 Å². The van der Waals surface area contributed by atoms with Crippen molar-refractivity contribution in [3.05, 3.63) is 29.8 Å². The Morgan fingerprint density at radius 1 is 1.50 bits per heavy atom. The Bertz CT molecular complexity index is 415. The molecule has 0 spiro atoms. The van der Waals surface area contributed by atoms with E-state index >= 15 is 0 Å². The minimum atomic E-state index is -0.537. The Labute approximate surface area is 113 Å². The second-order valence-electron chi connectivity index (χ2n) is 4.77. The van der Waals surface area contributed by atoms with Gasteiger partial charge in [-0.1, -0.05) is 31.0 Å². The minimum absolute atomic E-state index is 0.290. The summed E-state index contributed by atoms with van der Waals surface area (Å²) in [6.07, 6.45) is -0.489. The van der Waals surface area contributed by atoms with Gasteiger partial charge in [0, 0.05) is 11.6 Å². The van der Waals surface area contributed by atoms with E-state index in [4.69, 9.17) is 9.47 Å². The molecule has 0 fully saturated rings. The molecule has 1 aromatic carbocycles. The first-order valence-electron chi connectivity index (χ1n) is 5.56. The van der Waals surface area contributed by atoms with E-state index in [1.165, 1.54) is 4.31 Å². The Hall–Kier alpha value is -1.36. The number of carbonyl (C=O) groups excluding carboxylic acids is 1. The van der Waals surface area contributed by atoms with E-state index in [1.54, 1.807) is 13.2 Å². The highest BCUT2D eigenvalue weighted by Crippen LogP contribution is 2.20. The molecule has 1 amide bonds. The van der Waals surface area contributed by atoms with Crippen molar-refractivity contribution < 1.29 is 14.3 Å². The quantitative estimate of drug-likeness (QED) is 0.856. The number of benzene rings is 1. The van der Waals surface area contributed by atoms with Crippen LogP contribution in [0.25, 0.3) is 0 Å². The van der Waals surface area contributed by atoms with Crippen LogP contribution in [0.4, 0.5) is 4.79 Å². The summed E-state index contributed by atoms with van der Waals surface area (Å²) in [5, 5.41) is 0. The maximum absolute atomic E-state index is 11.7. The SMILES string of the molecule is COc1[c]cccc1CN(S)C(=O)OC(C)(C)C. The number of ether oxygens (including phenoxy) is 2. The average molecular weight is 268 g/mol. The zero-order chi connectivity index (χ0) is 13.8. The van der Waals surface area contributed by atoms with Crippen LogP contribution in [-0.4, -0.2) is 23.1 Å². The number of rotatable bonds is 3. The Morgan fingerprint density at radius 2 is 2.17 bits per heavy atom. The van der Waals surface area contributed by atoms with Crippen molar-refractivity contribution in [2.75, 3.05) is 7.11 Å². The van der Waals surface area contributed by atoms with E-state index in [0.29, 0.717) is 12.3 Å². The van der Waals surface area contributed by atoms with Gasteiger partial charge in [-0.15, -0.1) is 0 Å². The molecule has 0 aliphatic carbocycles. The van der Waals surface area contributed by atoms with Crippen LogP contribution in [0.3, 0.4) is 0 Å². The van der Waals surface area contributed by atoms with Gasteiger partial charge in [0.25, 0.3) is 0 Å². The van der Waals surface area contributed by atoms with Gasteiger partial charge >= 0.3 is 6.09 Å². The summed E-state index contributed by atoms with van der Waals surface area (Å²) in [6.45, 7) is 5.72. The van der Waals surface area contributed by atoms with Crippen LogP contribution in [0.5, 0.6) is 5.75 Å². The fraction of sp³-hybridized carbons (Fsp3) is 0.462. The second kappa shape index (κ2) is 6.00. The van der Waals surface area contributed by atoms with E-state index in [-0.39, 0.29) is 0 Å². The van der Waals surface area contributed by atoms with Gasteiger partial charge in [0.2, 0.25) is 0 Å². The predicted octanol–water partition coefficient (Wildman–Crippen LogP) is 3.08. The summed E-state index contributed by atoms with van der Waals surface area (Å²) in [6, 6.07) is 8.37. The summed E-state index contributed by atoms with van der Waals surface area (Å²) in [5.41, 5.74) is 0.283. The highest BCUT2D eigenvalue weighted by atomic mass is 32.1. The second-order valence-corrected chi connectivity index (χ2v) is 5.25. The first-order valence-corrected chi connectivity index (χ1v) is 5.96. The molecule has 0 heterocycles. The van der Waals surface area contributed by atoms with Crippen LogP contribution in [0, 0.1) is 6.07 Å². The molecular formula is C13H18NO3S. The molecule has 0 N–H and O–H groups in total. The Balaban J connectivity index is 2.69. The summed E-state index contributed by atoms with van der Waals surface area (Å²) in [7, 11) is 1.56. The molecule has 0 aromatic heterocycles. The molecule has 5 heteroatoms. The molecule has 0 bridgehead atoms. The lowest BCUT2D eigenvalue weighted by Gasteiger charge is -2.24. The smallest absolute Gasteiger partial charge is 0.420 e. The third-order valence-electron chi connectivity index (χ3n) is 2.03. The number of thiol groups is 1. The topological polar surface area (TPSA) is 38.8 Å². The van der Waals surface area contributed by atoms with Crippen molar-refractivity contribution in [3.63, 3.8) is 0 Å². The molecule has 0 saturated carbocycles. The van der Waals surface area contributed by atoms with Gasteiger partial charge in [0.15, 0.2) is 0 Å². The van der Waals surface area contributed by atoms with Gasteiger partial charge in [-0.25, -0.2) is 9.10 Å². The molecule has 1 aromatic rings. The molecule has 0 saturated heterocycles. The van der Waals surface area contributed by atoms with Crippen molar-refractivity contribution in [2.45, 2.75) is 32.9 Å². The number of hydrogen-bond donors (Lipinski definition) is 1. The molecule has 4 nitrogen and oxygen atoms in total. The first kappa shape index (κ1) is 14.7. The molecule has 0 aliphatic rings. The van der Waals surface area contributed by atoms with Gasteiger partial charge < -0.3 is 9.47 Å². The third-order valence-corrected chi connectivity index (χ3v) is 2.33. The van der Waals surface area contributed by atoms with E-state index in [0.717, 1.165) is 5.56 Å². The lowest BCUT2D eigenvalue weighted by atomic mass is 10.2. The van der Waals surface area contributed by atoms with Gasteiger partial charge in [-0.3, -0.25) is 0 Å². The summed E-state index contributed by atoms with van der Waals surface area (Å²) >= 11 is 4.12. The predicted molar refractivity (Wildman–Crippen MR) is 72.6 cm³/mol. The minimum Gasteiger partial charge on any atom is -0.496 e. The number of hydrogen-bond acceptors (Lipinski definition) is 4. The summed E-state index contributed by atoms with van der Waals surface area (Å²) in [4.78, 5) is 11.7. The maximum Gasteiger partial charge on any atom is 0.420 e. The average Bonchev–Trinajstić information content (AvgIpc) is 2.27. The van der Waals surface area contributed by atoms with E-state index in [9.17, 15) is 4.79 Å². The number of carbonyl (C=O) groups is 1. The number of amides is 1. The lowest BCUT2D eigenvalue weighted by Crippen LogP contribution is -2.31. The third kappa shape index (κ3) is 4.49. The Morgan fingerprint density at radius 3 is 2.72 bits per heavy atom. The number of methoxy groups -OCH3 is 1. The molecule has 0 aliphatic heterocycles. The largest absolute Gasteiger partial charge is 0.496 e. The highest BCUT2D eigenvalue weighted by Gasteiger charge is 2.21. The van der Waals surface area contributed by atoms with Crippen LogP contribution in [0.2, 0.25) is 0 Å². The van der Waals surface area contributed by atoms with E-state index in [1.807, 2.05) is 32.9 Å². The van der Waals surface area contributed by atoms with Gasteiger partial charge in [0.05, 0.1) is 13.7 Å². The molecule has 0 atom stereocenters. The monoisotopic (exact) mass is 268 g/mol. The standard InChI is InChI=1S/C13H18NO3S/c1-13(2,3)17-12(15)14(18)9-10-7-5-6-8-11(10)16-4/h5-7,18H,9H2,1-4H3.